The lowest BCUT2D eigenvalue weighted by Crippen LogP contribution is -2.42. The maximum Gasteiger partial charge on any atom is 0.275 e. The first-order valence-electron chi connectivity index (χ1n) is 6.28. The molecular formula is C13H18ClN3O3. The van der Waals surface area contributed by atoms with Crippen molar-refractivity contribution in [3.8, 4) is 0 Å². The molecule has 7 heteroatoms. The molecule has 1 aromatic carbocycles. The first kappa shape index (κ1) is 16.4. The van der Waals surface area contributed by atoms with Crippen LogP contribution in [0.15, 0.2) is 18.2 Å². The normalized spacial score (nSPS) is 12.0. The van der Waals surface area contributed by atoms with Gasteiger partial charge in [-0.3, -0.25) is 14.9 Å². The number of carbonyl (C=O) groups is 1. The molecule has 110 valence electrons. The molecule has 0 heterocycles. The Hall–Kier alpha value is -1.66. The molecule has 1 aromatic rings. The van der Waals surface area contributed by atoms with Gasteiger partial charge in [-0.1, -0.05) is 17.7 Å². The predicted octanol–water partition coefficient (Wildman–Crippen LogP) is 2.20. The predicted molar refractivity (Wildman–Crippen MR) is 77.7 cm³/mol. The Morgan fingerprint density at radius 1 is 1.55 bits per heavy atom. The number of hydrogen-bond acceptors (Lipinski definition) is 4. The van der Waals surface area contributed by atoms with Crippen molar-refractivity contribution in [2.75, 3.05) is 13.6 Å². The SMILES string of the molecule is CCN(C)C(=O)C(C)NCc1c(Cl)cccc1[N+](=O)[O-]. The van der Waals surface area contributed by atoms with Crippen LogP contribution in [0.25, 0.3) is 0 Å². The molecule has 0 radical (unpaired) electrons. The maximum atomic E-state index is 11.9. The molecule has 1 atom stereocenters. The molecule has 0 bridgehead atoms. The number of carbonyl (C=O) groups excluding carboxylic acids is 1. The van der Waals surface area contributed by atoms with Crippen LogP contribution < -0.4 is 5.32 Å². The summed E-state index contributed by atoms with van der Waals surface area (Å²) in [5, 5.41) is 14.2. The van der Waals surface area contributed by atoms with Crippen molar-refractivity contribution < 1.29 is 9.72 Å². The number of likely N-dealkylation sites (N-methyl/N-ethyl adjacent to an activating group) is 1. The van der Waals surface area contributed by atoms with Crippen LogP contribution in [-0.4, -0.2) is 35.4 Å². The fourth-order valence-corrected chi connectivity index (χ4v) is 1.96. The van der Waals surface area contributed by atoms with Crippen LogP contribution in [0.4, 0.5) is 5.69 Å². The van der Waals surface area contributed by atoms with Gasteiger partial charge in [0.15, 0.2) is 0 Å². The van der Waals surface area contributed by atoms with E-state index in [1.807, 2.05) is 6.92 Å². The summed E-state index contributed by atoms with van der Waals surface area (Å²) < 4.78 is 0. The zero-order valence-corrected chi connectivity index (χ0v) is 12.5. The van der Waals surface area contributed by atoms with Crippen LogP contribution in [0.2, 0.25) is 5.02 Å². The summed E-state index contributed by atoms with van der Waals surface area (Å²) in [6, 6.07) is 4.09. The van der Waals surface area contributed by atoms with Gasteiger partial charge in [0.05, 0.1) is 21.6 Å². The van der Waals surface area contributed by atoms with Gasteiger partial charge < -0.3 is 10.2 Å². The number of nitrogens with zero attached hydrogens (tertiary/aromatic N) is 2. The molecule has 1 amide bonds. The summed E-state index contributed by atoms with van der Waals surface area (Å²) in [7, 11) is 1.71. The smallest absolute Gasteiger partial charge is 0.275 e. The molecule has 0 fully saturated rings. The average Bonchev–Trinajstić information content (AvgIpc) is 2.43. The third-order valence-corrected chi connectivity index (χ3v) is 3.45. The highest BCUT2D eigenvalue weighted by Crippen LogP contribution is 2.26. The first-order valence-corrected chi connectivity index (χ1v) is 6.66. The third-order valence-electron chi connectivity index (χ3n) is 3.10. The summed E-state index contributed by atoms with van der Waals surface area (Å²) in [4.78, 5) is 24.0. The van der Waals surface area contributed by atoms with Gasteiger partial charge in [0, 0.05) is 26.2 Å². The summed E-state index contributed by atoms with van der Waals surface area (Å²) in [6.07, 6.45) is 0. The summed E-state index contributed by atoms with van der Waals surface area (Å²) in [5.74, 6) is -0.0674. The molecule has 6 nitrogen and oxygen atoms in total. The van der Waals surface area contributed by atoms with Gasteiger partial charge in [0.25, 0.3) is 5.69 Å². The van der Waals surface area contributed by atoms with Crippen molar-refractivity contribution in [1.82, 2.24) is 10.2 Å². The van der Waals surface area contributed by atoms with E-state index >= 15 is 0 Å². The van der Waals surface area contributed by atoms with Gasteiger partial charge in [-0.05, 0) is 19.9 Å². The zero-order valence-electron chi connectivity index (χ0n) is 11.7. The van der Waals surface area contributed by atoms with Crippen LogP contribution >= 0.6 is 11.6 Å². The van der Waals surface area contributed by atoms with Crippen LogP contribution in [-0.2, 0) is 11.3 Å². The summed E-state index contributed by atoms with van der Waals surface area (Å²) in [5.41, 5.74) is 0.339. The highest BCUT2D eigenvalue weighted by Gasteiger charge is 2.20. The number of hydrogen-bond donors (Lipinski definition) is 1. The highest BCUT2D eigenvalue weighted by molar-refractivity contribution is 6.31. The van der Waals surface area contributed by atoms with Gasteiger partial charge in [0.1, 0.15) is 0 Å². The Morgan fingerprint density at radius 2 is 2.20 bits per heavy atom. The van der Waals surface area contributed by atoms with Crippen molar-refractivity contribution in [3.05, 3.63) is 38.9 Å². The Kier molecular flexibility index (Phi) is 5.91. The Balaban J connectivity index is 2.80. The van der Waals surface area contributed by atoms with Crippen LogP contribution in [0.3, 0.4) is 0 Å². The van der Waals surface area contributed by atoms with Gasteiger partial charge >= 0.3 is 0 Å². The van der Waals surface area contributed by atoms with E-state index in [0.717, 1.165) is 0 Å². The van der Waals surface area contributed by atoms with E-state index in [9.17, 15) is 14.9 Å². The zero-order chi connectivity index (χ0) is 15.3. The second-order valence-electron chi connectivity index (χ2n) is 4.45. The van der Waals surface area contributed by atoms with Gasteiger partial charge in [-0.2, -0.15) is 0 Å². The van der Waals surface area contributed by atoms with Gasteiger partial charge in [-0.25, -0.2) is 0 Å². The quantitative estimate of drug-likeness (QED) is 0.645. The van der Waals surface area contributed by atoms with E-state index in [4.69, 9.17) is 11.6 Å². The third kappa shape index (κ3) is 3.91. The molecule has 0 aliphatic rings. The summed E-state index contributed by atoms with van der Waals surface area (Å²) in [6.45, 7) is 4.37. The van der Waals surface area contributed by atoms with E-state index in [1.54, 1.807) is 24.9 Å². The number of nitro groups is 1. The Labute approximate surface area is 122 Å². The number of rotatable bonds is 6. The van der Waals surface area contributed by atoms with Crippen LogP contribution in [0, 0.1) is 10.1 Å². The Bertz CT molecular complexity index is 508. The molecule has 0 aliphatic carbocycles. The number of nitro benzene ring substituents is 1. The number of halogens is 1. The van der Waals surface area contributed by atoms with E-state index in [0.29, 0.717) is 17.1 Å². The van der Waals surface area contributed by atoms with Crippen molar-refractivity contribution in [3.63, 3.8) is 0 Å². The van der Waals surface area contributed by atoms with Crippen LogP contribution in [0.5, 0.6) is 0 Å². The number of amides is 1. The summed E-state index contributed by atoms with van der Waals surface area (Å²) >= 11 is 5.99. The molecule has 20 heavy (non-hydrogen) atoms. The largest absolute Gasteiger partial charge is 0.345 e. The Morgan fingerprint density at radius 3 is 2.75 bits per heavy atom. The van der Waals surface area contributed by atoms with Crippen LogP contribution in [0.1, 0.15) is 19.4 Å². The number of nitrogens with one attached hydrogen (secondary N) is 1. The topological polar surface area (TPSA) is 75.5 Å². The van der Waals surface area contributed by atoms with Gasteiger partial charge in [-0.15, -0.1) is 0 Å². The minimum Gasteiger partial charge on any atom is -0.345 e. The van der Waals surface area contributed by atoms with Crippen molar-refractivity contribution in [2.45, 2.75) is 26.4 Å². The fourth-order valence-electron chi connectivity index (χ4n) is 1.72. The molecule has 0 saturated carbocycles. The van der Waals surface area contributed by atoms with E-state index < -0.39 is 11.0 Å². The second-order valence-corrected chi connectivity index (χ2v) is 4.86. The lowest BCUT2D eigenvalue weighted by atomic mass is 10.1. The molecule has 0 spiro atoms. The first-order chi connectivity index (χ1) is 9.38. The molecule has 1 N–H and O–H groups in total. The second kappa shape index (κ2) is 7.21. The van der Waals surface area contributed by atoms with Crippen molar-refractivity contribution in [1.29, 1.82) is 0 Å². The molecule has 1 unspecified atom stereocenters. The minimum absolute atomic E-state index is 0.0477. The highest BCUT2D eigenvalue weighted by atomic mass is 35.5. The molecule has 0 saturated heterocycles. The van der Waals surface area contributed by atoms with E-state index in [1.165, 1.54) is 12.1 Å². The standard InChI is InChI=1S/C13H18ClN3O3/c1-4-16(3)13(18)9(2)15-8-10-11(14)6-5-7-12(10)17(19)20/h5-7,9,15H,4,8H2,1-3H3. The lowest BCUT2D eigenvalue weighted by Gasteiger charge is -2.20. The number of benzene rings is 1. The van der Waals surface area contributed by atoms with Crippen molar-refractivity contribution >= 4 is 23.2 Å². The molecule has 0 aliphatic heterocycles. The lowest BCUT2D eigenvalue weighted by molar-refractivity contribution is -0.385. The molecular weight excluding hydrogens is 282 g/mol. The minimum atomic E-state index is -0.479. The maximum absolute atomic E-state index is 11.9. The average molecular weight is 300 g/mol. The monoisotopic (exact) mass is 299 g/mol. The molecule has 0 aromatic heterocycles. The fraction of sp³-hybridized carbons (Fsp3) is 0.462. The van der Waals surface area contributed by atoms with E-state index in [-0.39, 0.29) is 18.1 Å². The van der Waals surface area contributed by atoms with Gasteiger partial charge in [0.2, 0.25) is 5.91 Å². The van der Waals surface area contributed by atoms with Crippen molar-refractivity contribution in [2.24, 2.45) is 0 Å². The molecule has 1 rings (SSSR count). The van der Waals surface area contributed by atoms with E-state index in [2.05, 4.69) is 5.32 Å².